The van der Waals surface area contributed by atoms with Crippen molar-refractivity contribution in [2.75, 3.05) is 6.54 Å². The lowest BCUT2D eigenvalue weighted by atomic mass is 9.80. The first-order valence-electron chi connectivity index (χ1n) is 8.14. The second-order valence-corrected chi connectivity index (χ2v) is 6.91. The molecule has 0 amide bonds. The van der Waals surface area contributed by atoms with E-state index in [1.54, 1.807) is 0 Å². The molecule has 1 aromatic carbocycles. The number of hydrogen-bond donors (Lipinski definition) is 1. The maximum absolute atomic E-state index is 11.5. The van der Waals surface area contributed by atoms with Gasteiger partial charge in [0.2, 0.25) is 0 Å². The molecule has 21 heavy (non-hydrogen) atoms. The zero-order valence-electron chi connectivity index (χ0n) is 12.8. The van der Waals surface area contributed by atoms with Gasteiger partial charge in [-0.3, -0.25) is 9.69 Å². The standard InChI is InChI=1S/C18H25NO2/c1-18(14-7-3-2-4-8-14)11-10-15(13-18)19-12-6-5-9-16(19)17(20)21/h2-4,7-8,15-16H,5-6,9-13H2,1H3,(H,20,21)/t15-,16-,18+/m1/s1. The molecule has 0 spiro atoms. The lowest BCUT2D eigenvalue weighted by molar-refractivity contribution is -0.145. The Morgan fingerprint density at radius 3 is 2.71 bits per heavy atom. The molecule has 0 unspecified atom stereocenters. The first-order chi connectivity index (χ1) is 10.1. The summed E-state index contributed by atoms with van der Waals surface area (Å²) in [5.74, 6) is -0.636. The van der Waals surface area contributed by atoms with Crippen molar-refractivity contribution in [3.8, 4) is 0 Å². The molecule has 3 atom stereocenters. The average Bonchev–Trinajstić information content (AvgIpc) is 2.92. The largest absolute Gasteiger partial charge is 0.480 e. The highest BCUT2D eigenvalue weighted by Gasteiger charge is 2.42. The quantitative estimate of drug-likeness (QED) is 0.926. The molecule has 1 aliphatic carbocycles. The SMILES string of the molecule is C[C@]1(c2ccccc2)CC[C@@H](N2CCCC[C@@H]2C(=O)O)C1. The molecule has 1 saturated heterocycles. The Labute approximate surface area is 127 Å². The Hall–Kier alpha value is -1.35. The van der Waals surface area contributed by atoms with E-state index in [4.69, 9.17) is 0 Å². The summed E-state index contributed by atoms with van der Waals surface area (Å²) in [4.78, 5) is 13.8. The molecule has 1 heterocycles. The highest BCUT2D eigenvalue weighted by Crippen LogP contribution is 2.43. The third-order valence-corrected chi connectivity index (χ3v) is 5.48. The fourth-order valence-electron chi connectivity index (χ4n) is 4.25. The molecular formula is C18H25NO2. The van der Waals surface area contributed by atoms with Gasteiger partial charge in [0.05, 0.1) is 0 Å². The van der Waals surface area contributed by atoms with Crippen LogP contribution < -0.4 is 0 Å². The molecule has 1 N–H and O–H groups in total. The van der Waals surface area contributed by atoms with Crippen molar-refractivity contribution in [3.63, 3.8) is 0 Å². The predicted octanol–water partition coefficient (Wildman–Crippen LogP) is 3.44. The van der Waals surface area contributed by atoms with Crippen LogP contribution in [-0.2, 0) is 10.2 Å². The van der Waals surface area contributed by atoms with E-state index < -0.39 is 5.97 Å². The number of rotatable bonds is 3. The molecule has 2 aliphatic rings. The van der Waals surface area contributed by atoms with E-state index in [2.05, 4.69) is 42.2 Å². The van der Waals surface area contributed by atoms with E-state index in [1.807, 2.05) is 0 Å². The van der Waals surface area contributed by atoms with Crippen LogP contribution in [0.5, 0.6) is 0 Å². The fraction of sp³-hybridized carbons (Fsp3) is 0.611. The number of aliphatic carboxylic acids is 1. The maximum Gasteiger partial charge on any atom is 0.320 e. The number of benzene rings is 1. The van der Waals surface area contributed by atoms with Crippen molar-refractivity contribution in [1.82, 2.24) is 4.90 Å². The van der Waals surface area contributed by atoms with E-state index in [1.165, 1.54) is 5.56 Å². The highest BCUT2D eigenvalue weighted by atomic mass is 16.4. The molecule has 2 fully saturated rings. The van der Waals surface area contributed by atoms with Gasteiger partial charge in [0, 0.05) is 6.04 Å². The van der Waals surface area contributed by atoms with Gasteiger partial charge in [-0.2, -0.15) is 0 Å². The number of hydrogen-bond acceptors (Lipinski definition) is 2. The van der Waals surface area contributed by atoms with Gasteiger partial charge in [-0.15, -0.1) is 0 Å². The Morgan fingerprint density at radius 1 is 1.24 bits per heavy atom. The predicted molar refractivity (Wildman–Crippen MR) is 83.4 cm³/mol. The normalized spacial score (nSPS) is 34.0. The molecule has 0 bridgehead atoms. The first kappa shape index (κ1) is 14.6. The zero-order chi connectivity index (χ0) is 14.9. The summed E-state index contributed by atoms with van der Waals surface area (Å²) in [7, 11) is 0. The van der Waals surface area contributed by atoms with Crippen LogP contribution in [0.1, 0.15) is 51.0 Å². The van der Waals surface area contributed by atoms with Crippen molar-refractivity contribution >= 4 is 5.97 Å². The second kappa shape index (κ2) is 5.80. The van der Waals surface area contributed by atoms with E-state index in [0.717, 1.165) is 45.1 Å². The monoisotopic (exact) mass is 287 g/mol. The summed E-state index contributed by atoms with van der Waals surface area (Å²) >= 11 is 0. The summed E-state index contributed by atoms with van der Waals surface area (Å²) in [6.07, 6.45) is 6.37. The van der Waals surface area contributed by atoms with Crippen molar-refractivity contribution in [1.29, 1.82) is 0 Å². The van der Waals surface area contributed by atoms with Crippen LogP contribution in [0, 0.1) is 0 Å². The lowest BCUT2D eigenvalue weighted by Gasteiger charge is -2.38. The molecule has 3 rings (SSSR count). The van der Waals surface area contributed by atoms with E-state index >= 15 is 0 Å². The summed E-state index contributed by atoms with van der Waals surface area (Å²) < 4.78 is 0. The van der Waals surface area contributed by atoms with E-state index in [-0.39, 0.29) is 11.5 Å². The van der Waals surface area contributed by atoms with Crippen molar-refractivity contribution in [2.45, 2.75) is 62.9 Å². The molecule has 0 aromatic heterocycles. The fourth-order valence-corrected chi connectivity index (χ4v) is 4.25. The molecule has 114 valence electrons. The Kier molecular flexibility index (Phi) is 4.03. The third-order valence-electron chi connectivity index (χ3n) is 5.48. The summed E-state index contributed by atoms with van der Waals surface area (Å²) in [6.45, 7) is 3.29. The number of carboxylic acid groups (broad SMARTS) is 1. The first-order valence-corrected chi connectivity index (χ1v) is 8.14. The van der Waals surface area contributed by atoms with Crippen molar-refractivity contribution in [3.05, 3.63) is 35.9 Å². The third kappa shape index (κ3) is 2.84. The minimum Gasteiger partial charge on any atom is -0.480 e. The summed E-state index contributed by atoms with van der Waals surface area (Å²) in [6, 6.07) is 10.9. The molecule has 0 radical (unpaired) electrons. The van der Waals surface area contributed by atoms with Gasteiger partial charge >= 0.3 is 5.97 Å². The molecule has 1 aliphatic heterocycles. The zero-order valence-corrected chi connectivity index (χ0v) is 12.8. The van der Waals surface area contributed by atoms with Crippen molar-refractivity contribution < 1.29 is 9.90 Å². The number of nitrogens with zero attached hydrogens (tertiary/aromatic N) is 1. The number of likely N-dealkylation sites (tertiary alicyclic amines) is 1. The topological polar surface area (TPSA) is 40.5 Å². The van der Waals surface area contributed by atoms with Crippen LogP contribution >= 0.6 is 0 Å². The molecule has 1 saturated carbocycles. The molecule has 3 nitrogen and oxygen atoms in total. The van der Waals surface area contributed by atoms with Crippen LogP contribution in [0.4, 0.5) is 0 Å². The van der Waals surface area contributed by atoms with Gasteiger partial charge < -0.3 is 5.11 Å². The Balaban J connectivity index is 1.75. The van der Waals surface area contributed by atoms with Crippen LogP contribution in [0.15, 0.2) is 30.3 Å². The Bertz CT molecular complexity index is 501. The summed E-state index contributed by atoms with van der Waals surface area (Å²) in [5, 5.41) is 9.47. The van der Waals surface area contributed by atoms with Crippen LogP contribution in [-0.4, -0.2) is 34.6 Å². The lowest BCUT2D eigenvalue weighted by Crippen LogP contribution is -2.49. The van der Waals surface area contributed by atoms with Crippen LogP contribution in [0.25, 0.3) is 0 Å². The minimum absolute atomic E-state index is 0.201. The molecular weight excluding hydrogens is 262 g/mol. The smallest absolute Gasteiger partial charge is 0.320 e. The van der Waals surface area contributed by atoms with E-state index in [9.17, 15) is 9.90 Å². The van der Waals surface area contributed by atoms with Gasteiger partial charge in [-0.1, -0.05) is 43.7 Å². The van der Waals surface area contributed by atoms with Gasteiger partial charge in [0.15, 0.2) is 0 Å². The van der Waals surface area contributed by atoms with Gasteiger partial charge in [0.25, 0.3) is 0 Å². The van der Waals surface area contributed by atoms with Crippen LogP contribution in [0.2, 0.25) is 0 Å². The molecule has 3 heteroatoms. The number of carbonyl (C=O) groups is 1. The van der Waals surface area contributed by atoms with Gasteiger partial charge in [-0.05, 0) is 49.6 Å². The highest BCUT2D eigenvalue weighted by molar-refractivity contribution is 5.73. The molecule has 1 aromatic rings. The number of piperidine rings is 1. The minimum atomic E-state index is -0.636. The van der Waals surface area contributed by atoms with Gasteiger partial charge in [-0.25, -0.2) is 0 Å². The van der Waals surface area contributed by atoms with Crippen molar-refractivity contribution in [2.24, 2.45) is 0 Å². The average molecular weight is 287 g/mol. The van der Waals surface area contributed by atoms with E-state index in [0.29, 0.717) is 6.04 Å². The second-order valence-electron chi connectivity index (χ2n) is 6.91. The number of carboxylic acids is 1. The maximum atomic E-state index is 11.5. The van der Waals surface area contributed by atoms with Crippen LogP contribution in [0.3, 0.4) is 0 Å². The summed E-state index contributed by atoms with van der Waals surface area (Å²) in [5.41, 5.74) is 1.60. The Morgan fingerprint density at radius 2 is 2.00 bits per heavy atom. The van der Waals surface area contributed by atoms with Gasteiger partial charge in [0.1, 0.15) is 6.04 Å².